The van der Waals surface area contributed by atoms with E-state index in [2.05, 4.69) is 0 Å². The van der Waals surface area contributed by atoms with Gasteiger partial charge in [-0.3, -0.25) is 0 Å². The molecule has 0 aliphatic heterocycles. The molecular weight excluding hydrogens is 388 g/mol. The molecule has 5 rings (SSSR count). The lowest BCUT2D eigenvalue weighted by Gasteiger charge is -2.14. The van der Waals surface area contributed by atoms with Gasteiger partial charge in [0.2, 0.25) is 0 Å². The topological polar surface area (TPSA) is 62.8 Å². The van der Waals surface area contributed by atoms with E-state index >= 15 is 0 Å². The molecule has 4 aromatic carbocycles. The number of phenols is 2. The number of furan rings is 1. The van der Waals surface area contributed by atoms with Gasteiger partial charge in [-0.2, -0.15) is 0 Å². The number of phenolic OH excluding ortho intramolecular Hbond substituents is 2. The third-order valence-electron chi connectivity index (χ3n) is 5.19. The molecule has 0 saturated heterocycles. The van der Waals surface area contributed by atoms with Gasteiger partial charge in [-0.15, -0.1) is 0 Å². The molecule has 2 N–H and O–H groups in total. The van der Waals surface area contributed by atoms with Crippen molar-refractivity contribution in [2.75, 3.05) is 0 Å². The van der Waals surface area contributed by atoms with Crippen molar-refractivity contribution in [2.45, 2.75) is 6.61 Å². The van der Waals surface area contributed by atoms with Gasteiger partial charge in [0.1, 0.15) is 23.7 Å². The van der Waals surface area contributed by atoms with E-state index in [1.165, 1.54) is 0 Å². The summed E-state index contributed by atoms with van der Waals surface area (Å²) >= 11 is 0. The second-order valence-corrected chi connectivity index (χ2v) is 7.34. The Morgan fingerprint density at radius 2 is 1.45 bits per heavy atom. The average molecular weight is 408 g/mol. The summed E-state index contributed by atoms with van der Waals surface area (Å²) in [5, 5.41) is 21.3. The summed E-state index contributed by atoms with van der Waals surface area (Å²) in [5.41, 5.74) is 4.25. The van der Waals surface area contributed by atoms with E-state index in [9.17, 15) is 10.2 Å². The van der Waals surface area contributed by atoms with E-state index in [4.69, 9.17) is 9.15 Å². The van der Waals surface area contributed by atoms with Crippen molar-refractivity contribution in [3.8, 4) is 39.7 Å². The molecule has 0 spiro atoms. The maximum Gasteiger partial charge on any atom is 0.162 e. The van der Waals surface area contributed by atoms with Gasteiger partial charge in [0.15, 0.2) is 11.5 Å². The summed E-state index contributed by atoms with van der Waals surface area (Å²) in [6.07, 6.45) is 0. The Kier molecular flexibility index (Phi) is 4.81. The molecule has 4 nitrogen and oxygen atoms in total. The molecule has 4 heteroatoms. The summed E-state index contributed by atoms with van der Waals surface area (Å²) in [4.78, 5) is 0. The van der Waals surface area contributed by atoms with E-state index in [0.29, 0.717) is 23.7 Å². The Balaban J connectivity index is 1.62. The number of hydrogen-bond donors (Lipinski definition) is 2. The molecule has 1 heterocycles. The normalized spacial score (nSPS) is 11.0. The molecule has 0 bridgehead atoms. The number of hydrogen-bond acceptors (Lipinski definition) is 4. The fourth-order valence-corrected chi connectivity index (χ4v) is 3.64. The summed E-state index contributed by atoms with van der Waals surface area (Å²) in [7, 11) is 0. The highest BCUT2D eigenvalue weighted by Gasteiger charge is 2.17. The SMILES string of the molecule is Oc1ccc2oc(-c3cc(OCc4ccccc4)c(O)cc3-c3ccccc3)cc2c1. The monoisotopic (exact) mass is 408 g/mol. The lowest BCUT2D eigenvalue weighted by Crippen LogP contribution is -1.96. The van der Waals surface area contributed by atoms with Crippen LogP contribution in [0.1, 0.15) is 5.56 Å². The molecule has 31 heavy (non-hydrogen) atoms. The van der Waals surface area contributed by atoms with Crippen LogP contribution in [0.3, 0.4) is 0 Å². The largest absolute Gasteiger partial charge is 0.508 e. The highest BCUT2D eigenvalue weighted by Crippen LogP contribution is 2.42. The number of aromatic hydroxyl groups is 2. The zero-order valence-corrected chi connectivity index (χ0v) is 16.7. The van der Waals surface area contributed by atoms with Crippen molar-refractivity contribution in [3.63, 3.8) is 0 Å². The first-order valence-electron chi connectivity index (χ1n) is 9.99. The highest BCUT2D eigenvalue weighted by molar-refractivity contribution is 5.90. The van der Waals surface area contributed by atoms with Gasteiger partial charge in [0, 0.05) is 10.9 Å². The minimum Gasteiger partial charge on any atom is -0.508 e. The van der Waals surface area contributed by atoms with Crippen LogP contribution >= 0.6 is 0 Å². The van der Waals surface area contributed by atoms with Gasteiger partial charge in [0.25, 0.3) is 0 Å². The van der Waals surface area contributed by atoms with E-state index < -0.39 is 0 Å². The number of ether oxygens (including phenoxy) is 1. The lowest BCUT2D eigenvalue weighted by molar-refractivity contribution is 0.289. The first kappa shape index (κ1) is 18.8. The quantitative estimate of drug-likeness (QED) is 0.337. The first-order valence-corrected chi connectivity index (χ1v) is 9.99. The molecule has 0 fully saturated rings. The molecule has 0 unspecified atom stereocenters. The van der Waals surface area contributed by atoms with Crippen molar-refractivity contribution < 1.29 is 19.4 Å². The molecule has 5 aromatic rings. The predicted molar refractivity (Wildman–Crippen MR) is 121 cm³/mol. The number of fused-ring (bicyclic) bond motifs is 1. The average Bonchev–Trinajstić information content (AvgIpc) is 3.22. The minimum absolute atomic E-state index is 0.0623. The maximum atomic E-state index is 10.7. The van der Waals surface area contributed by atoms with Gasteiger partial charge >= 0.3 is 0 Å². The standard InChI is InChI=1S/C27H20O4/c28-21-11-12-25-20(13-21)14-26(31-25)23-16-27(30-17-18-7-3-1-4-8-18)24(29)15-22(23)19-9-5-2-6-10-19/h1-16,28-29H,17H2. The molecule has 152 valence electrons. The molecule has 1 aromatic heterocycles. The van der Waals surface area contributed by atoms with Crippen LogP contribution in [0.4, 0.5) is 0 Å². The highest BCUT2D eigenvalue weighted by atomic mass is 16.5. The van der Waals surface area contributed by atoms with Crippen LogP contribution in [0, 0.1) is 0 Å². The van der Waals surface area contributed by atoms with Gasteiger partial charge in [-0.05, 0) is 53.1 Å². The summed E-state index contributed by atoms with van der Waals surface area (Å²) in [5.74, 6) is 1.25. The smallest absolute Gasteiger partial charge is 0.162 e. The van der Waals surface area contributed by atoms with Gasteiger partial charge in [-0.1, -0.05) is 60.7 Å². The lowest BCUT2D eigenvalue weighted by atomic mass is 9.97. The summed E-state index contributed by atoms with van der Waals surface area (Å²) < 4.78 is 12.0. The molecule has 0 aliphatic rings. The Labute approximate surface area is 179 Å². The van der Waals surface area contributed by atoms with Crippen LogP contribution < -0.4 is 4.74 Å². The molecular formula is C27H20O4. The van der Waals surface area contributed by atoms with E-state index in [1.807, 2.05) is 66.7 Å². The molecule has 0 radical (unpaired) electrons. The Bertz CT molecular complexity index is 1340. The zero-order chi connectivity index (χ0) is 21.2. The third-order valence-corrected chi connectivity index (χ3v) is 5.19. The van der Waals surface area contributed by atoms with Gasteiger partial charge in [-0.25, -0.2) is 0 Å². The van der Waals surface area contributed by atoms with E-state index in [0.717, 1.165) is 27.6 Å². The van der Waals surface area contributed by atoms with Crippen LogP contribution in [0.2, 0.25) is 0 Å². The Hall–Kier alpha value is -4.18. The van der Waals surface area contributed by atoms with E-state index in [-0.39, 0.29) is 11.5 Å². The van der Waals surface area contributed by atoms with Gasteiger partial charge in [0.05, 0.1) is 0 Å². The summed E-state index contributed by atoms with van der Waals surface area (Å²) in [6.45, 7) is 0.340. The van der Waals surface area contributed by atoms with Crippen LogP contribution in [0.5, 0.6) is 17.2 Å². The van der Waals surface area contributed by atoms with Crippen molar-refractivity contribution >= 4 is 11.0 Å². The second-order valence-electron chi connectivity index (χ2n) is 7.34. The van der Waals surface area contributed by atoms with Crippen molar-refractivity contribution in [3.05, 3.63) is 103 Å². The molecule has 0 aliphatic carbocycles. The van der Waals surface area contributed by atoms with Crippen LogP contribution in [0.15, 0.2) is 101 Å². The number of benzene rings is 4. The van der Waals surface area contributed by atoms with Crippen LogP contribution in [-0.4, -0.2) is 10.2 Å². The van der Waals surface area contributed by atoms with E-state index in [1.54, 1.807) is 30.3 Å². The Morgan fingerprint density at radius 1 is 0.710 bits per heavy atom. The maximum absolute atomic E-state index is 10.7. The molecule has 0 saturated carbocycles. The van der Waals surface area contributed by atoms with Crippen molar-refractivity contribution in [1.82, 2.24) is 0 Å². The van der Waals surface area contributed by atoms with Crippen molar-refractivity contribution in [2.24, 2.45) is 0 Å². The molecule has 0 atom stereocenters. The minimum atomic E-state index is 0.0623. The van der Waals surface area contributed by atoms with Crippen LogP contribution in [0.25, 0.3) is 33.4 Å². The molecule has 0 amide bonds. The fourth-order valence-electron chi connectivity index (χ4n) is 3.64. The second kappa shape index (κ2) is 7.92. The van der Waals surface area contributed by atoms with Crippen LogP contribution in [-0.2, 0) is 6.61 Å². The first-order chi connectivity index (χ1) is 15.2. The van der Waals surface area contributed by atoms with Crippen molar-refractivity contribution in [1.29, 1.82) is 0 Å². The number of rotatable bonds is 5. The summed E-state index contributed by atoms with van der Waals surface area (Å²) in [6, 6.07) is 30.0. The third kappa shape index (κ3) is 3.83. The fraction of sp³-hybridized carbons (Fsp3) is 0.0370. The predicted octanol–water partition coefficient (Wildman–Crippen LogP) is 6.76. The Morgan fingerprint density at radius 3 is 2.23 bits per heavy atom. The van der Waals surface area contributed by atoms with Gasteiger partial charge < -0.3 is 19.4 Å². The zero-order valence-electron chi connectivity index (χ0n) is 16.7.